The number of nitrogen functional groups attached to an aromatic ring is 1. The predicted molar refractivity (Wildman–Crippen MR) is 87.6 cm³/mol. The van der Waals surface area contributed by atoms with Crippen LogP contribution >= 0.6 is 0 Å². The Kier molecular flexibility index (Phi) is 5.07. The van der Waals surface area contributed by atoms with E-state index in [2.05, 4.69) is 17.3 Å². The second-order valence-electron chi connectivity index (χ2n) is 6.15. The van der Waals surface area contributed by atoms with Crippen LogP contribution < -0.4 is 11.1 Å². The van der Waals surface area contributed by atoms with Crippen molar-refractivity contribution in [3.8, 4) is 0 Å². The van der Waals surface area contributed by atoms with Gasteiger partial charge in [-0.2, -0.15) is 0 Å². The molecular formula is C16H26N4O. The zero-order valence-electron chi connectivity index (χ0n) is 13.2. The Morgan fingerprint density at radius 2 is 2.24 bits per heavy atom. The van der Waals surface area contributed by atoms with E-state index in [9.17, 15) is 4.79 Å². The molecule has 0 saturated carbocycles. The number of nitrogens with two attached hydrogens (primary N) is 1. The maximum Gasteiger partial charge on any atom is 0.253 e. The maximum atomic E-state index is 12.0. The average molecular weight is 290 g/mol. The molecule has 1 heterocycles. The molecule has 1 amide bonds. The Hall–Kier alpha value is -1.75. The van der Waals surface area contributed by atoms with Crippen molar-refractivity contribution in [2.75, 3.05) is 51.8 Å². The highest BCUT2D eigenvalue weighted by molar-refractivity contribution is 5.95. The number of hydrogen-bond donors (Lipinski definition) is 2. The lowest BCUT2D eigenvalue weighted by atomic mass is 9.98. The smallest absolute Gasteiger partial charge is 0.253 e. The second-order valence-corrected chi connectivity index (χ2v) is 6.15. The second kappa shape index (κ2) is 6.80. The zero-order chi connectivity index (χ0) is 15.4. The largest absolute Gasteiger partial charge is 0.397 e. The molecule has 0 aromatic heterocycles. The number of nitrogens with one attached hydrogen (secondary N) is 1. The van der Waals surface area contributed by atoms with Crippen LogP contribution in [0.2, 0.25) is 0 Å². The van der Waals surface area contributed by atoms with E-state index in [4.69, 9.17) is 5.73 Å². The third-order valence-electron chi connectivity index (χ3n) is 4.01. The summed E-state index contributed by atoms with van der Waals surface area (Å²) in [6.07, 6.45) is 2.49. The first-order valence-electron chi connectivity index (χ1n) is 7.51. The van der Waals surface area contributed by atoms with Crippen LogP contribution in [0.3, 0.4) is 0 Å². The molecule has 1 aliphatic rings. The van der Waals surface area contributed by atoms with Gasteiger partial charge >= 0.3 is 0 Å². The van der Waals surface area contributed by atoms with Crippen molar-refractivity contribution in [3.05, 3.63) is 23.8 Å². The van der Waals surface area contributed by atoms with Gasteiger partial charge in [0.1, 0.15) is 0 Å². The Bertz CT molecular complexity index is 501. The molecule has 0 aliphatic carbocycles. The van der Waals surface area contributed by atoms with Gasteiger partial charge in [0.15, 0.2) is 0 Å². The fourth-order valence-electron chi connectivity index (χ4n) is 2.79. The molecule has 1 fully saturated rings. The molecule has 116 valence electrons. The molecule has 5 nitrogen and oxygen atoms in total. The summed E-state index contributed by atoms with van der Waals surface area (Å²) in [4.78, 5) is 15.9. The van der Waals surface area contributed by atoms with E-state index in [-0.39, 0.29) is 5.91 Å². The van der Waals surface area contributed by atoms with Gasteiger partial charge in [0.05, 0.1) is 11.4 Å². The summed E-state index contributed by atoms with van der Waals surface area (Å²) >= 11 is 0. The molecule has 1 atom stereocenters. The third kappa shape index (κ3) is 4.11. The van der Waals surface area contributed by atoms with Crippen LogP contribution in [0.1, 0.15) is 23.2 Å². The number of likely N-dealkylation sites (tertiary alicyclic amines) is 1. The van der Waals surface area contributed by atoms with Gasteiger partial charge in [-0.05, 0) is 50.6 Å². The monoisotopic (exact) mass is 290 g/mol. The number of anilines is 2. The lowest BCUT2D eigenvalue weighted by molar-refractivity contribution is 0.0827. The van der Waals surface area contributed by atoms with Gasteiger partial charge in [-0.15, -0.1) is 0 Å². The van der Waals surface area contributed by atoms with Crippen molar-refractivity contribution < 1.29 is 4.79 Å². The van der Waals surface area contributed by atoms with E-state index >= 15 is 0 Å². The lowest BCUT2D eigenvalue weighted by Gasteiger charge is -2.30. The first-order chi connectivity index (χ1) is 9.97. The molecule has 0 bridgehead atoms. The molecule has 3 N–H and O–H groups in total. The van der Waals surface area contributed by atoms with Gasteiger partial charge < -0.3 is 20.9 Å². The van der Waals surface area contributed by atoms with Gasteiger partial charge in [0.2, 0.25) is 0 Å². The minimum atomic E-state index is -0.00421. The summed E-state index contributed by atoms with van der Waals surface area (Å²) in [6, 6.07) is 5.42. The molecule has 0 spiro atoms. The number of nitrogens with zero attached hydrogens (tertiary/aromatic N) is 2. The summed E-state index contributed by atoms with van der Waals surface area (Å²) < 4.78 is 0. The van der Waals surface area contributed by atoms with Crippen LogP contribution in [0.5, 0.6) is 0 Å². The van der Waals surface area contributed by atoms with Crippen molar-refractivity contribution in [1.82, 2.24) is 9.80 Å². The van der Waals surface area contributed by atoms with Crippen LogP contribution in [-0.4, -0.2) is 56.5 Å². The molecule has 5 heteroatoms. The number of carbonyl (C=O) groups excluding carboxylic acids is 1. The number of piperidine rings is 1. The fraction of sp³-hybridized carbons (Fsp3) is 0.562. The van der Waals surface area contributed by atoms with Gasteiger partial charge in [-0.3, -0.25) is 4.79 Å². The van der Waals surface area contributed by atoms with Gasteiger partial charge in [-0.25, -0.2) is 0 Å². The summed E-state index contributed by atoms with van der Waals surface area (Å²) in [5, 5.41) is 3.41. The highest BCUT2D eigenvalue weighted by Gasteiger charge is 2.17. The number of carbonyl (C=O) groups is 1. The normalized spacial score (nSPS) is 19.3. The molecular weight excluding hydrogens is 264 g/mol. The highest BCUT2D eigenvalue weighted by Crippen LogP contribution is 2.22. The molecule has 1 saturated heterocycles. The molecule has 1 aromatic rings. The average Bonchev–Trinajstić information content (AvgIpc) is 2.45. The SMILES string of the molecule is CN1CCCC(CNc2cc(C(=O)N(C)C)ccc2N)C1. The standard InChI is InChI=1S/C16H26N4O/c1-19(2)16(21)13-6-7-14(17)15(9-13)18-10-12-5-4-8-20(3)11-12/h6-7,9,12,18H,4-5,8,10-11,17H2,1-3H3. The quantitative estimate of drug-likeness (QED) is 0.829. The van der Waals surface area contributed by atoms with Crippen LogP contribution in [0.15, 0.2) is 18.2 Å². The number of rotatable bonds is 4. The zero-order valence-corrected chi connectivity index (χ0v) is 13.2. The molecule has 2 rings (SSSR count). The topological polar surface area (TPSA) is 61.6 Å². The van der Waals surface area contributed by atoms with Crippen LogP contribution in [0.4, 0.5) is 11.4 Å². The number of benzene rings is 1. The van der Waals surface area contributed by atoms with E-state index in [1.165, 1.54) is 19.4 Å². The maximum absolute atomic E-state index is 12.0. The first-order valence-corrected chi connectivity index (χ1v) is 7.51. The van der Waals surface area contributed by atoms with Crippen LogP contribution in [-0.2, 0) is 0 Å². The highest BCUT2D eigenvalue weighted by atomic mass is 16.2. The van der Waals surface area contributed by atoms with Crippen LogP contribution in [0, 0.1) is 5.92 Å². The van der Waals surface area contributed by atoms with Crippen molar-refractivity contribution in [1.29, 1.82) is 0 Å². The van der Waals surface area contributed by atoms with Crippen molar-refractivity contribution >= 4 is 17.3 Å². The van der Waals surface area contributed by atoms with Crippen molar-refractivity contribution in [3.63, 3.8) is 0 Å². The van der Waals surface area contributed by atoms with E-state index in [0.717, 1.165) is 18.8 Å². The van der Waals surface area contributed by atoms with Crippen molar-refractivity contribution in [2.45, 2.75) is 12.8 Å². The lowest BCUT2D eigenvalue weighted by Crippen LogP contribution is -2.35. The molecule has 1 unspecified atom stereocenters. The van der Waals surface area contributed by atoms with E-state index in [0.29, 0.717) is 17.2 Å². The summed E-state index contributed by atoms with van der Waals surface area (Å²) in [7, 11) is 5.67. The van der Waals surface area contributed by atoms with E-state index in [1.807, 2.05) is 6.07 Å². The molecule has 21 heavy (non-hydrogen) atoms. The third-order valence-corrected chi connectivity index (χ3v) is 4.01. The van der Waals surface area contributed by atoms with Crippen LogP contribution in [0.25, 0.3) is 0 Å². The summed E-state index contributed by atoms with van der Waals surface area (Å²) in [6.45, 7) is 3.20. The van der Waals surface area contributed by atoms with E-state index < -0.39 is 0 Å². The Balaban J connectivity index is 2.02. The van der Waals surface area contributed by atoms with Crippen molar-refractivity contribution in [2.24, 2.45) is 5.92 Å². The predicted octanol–water partition coefficient (Wildman–Crippen LogP) is 1.72. The van der Waals surface area contributed by atoms with Gasteiger partial charge in [-0.1, -0.05) is 0 Å². The fourth-order valence-corrected chi connectivity index (χ4v) is 2.79. The van der Waals surface area contributed by atoms with Gasteiger partial charge in [0.25, 0.3) is 5.91 Å². The Labute approximate surface area is 127 Å². The summed E-state index contributed by atoms with van der Waals surface area (Å²) in [5.74, 6) is 0.631. The molecule has 1 aliphatic heterocycles. The van der Waals surface area contributed by atoms with E-state index in [1.54, 1.807) is 31.1 Å². The Morgan fingerprint density at radius 3 is 2.90 bits per heavy atom. The number of hydrogen-bond acceptors (Lipinski definition) is 4. The first kappa shape index (κ1) is 15.6. The van der Waals surface area contributed by atoms with Gasteiger partial charge in [0, 0.05) is 32.7 Å². The molecule has 0 radical (unpaired) electrons. The summed E-state index contributed by atoms with van der Waals surface area (Å²) in [5.41, 5.74) is 8.22. The minimum Gasteiger partial charge on any atom is -0.397 e. The Morgan fingerprint density at radius 1 is 1.48 bits per heavy atom. The minimum absolute atomic E-state index is 0.00421. The molecule has 1 aromatic carbocycles. The number of amides is 1.